The van der Waals surface area contributed by atoms with Gasteiger partial charge in [0.2, 0.25) is 0 Å². The molecule has 1 N–H and O–H groups in total. The van der Waals surface area contributed by atoms with E-state index < -0.39 is 0 Å². The largest absolute Gasteiger partial charge is 0.309 e. The van der Waals surface area contributed by atoms with Crippen molar-refractivity contribution in [3.05, 3.63) is 198 Å². The zero-order chi connectivity index (χ0) is 34.1. The van der Waals surface area contributed by atoms with Gasteiger partial charge in [-0.05, 0) is 86.5 Å². The summed E-state index contributed by atoms with van der Waals surface area (Å²) in [5, 5.41) is 9.21. The summed E-state index contributed by atoms with van der Waals surface area (Å²) in [4.78, 5) is 0. The van der Waals surface area contributed by atoms with Crippen molar-refractivity contribution >= 4 is 43.7 Å². The van der Waals surface area contributed by atoms with Crippen LogP contribution in [0.3, 0.4) is 0 Å². The zero-order valence-corrected chi connectivity index (χ0v) is 29.1. The van der Waals surface area contributed by atoms with Crippen LogP contribution in [0.25, 0.3) is 49.4 Å². The number of nitrogens with zero attached hydrogens (tertiary/aromatic N) is 1. The van der Waals surface area contributed by atoms with Gasteiger partial charge in [0.05, 0.1) is 11.0 Å². The smallest absolute Gasteiger partial charge is 0.0541 e. The lowest BCUT2D eigenvalue weighted by molar-refractivity contribution is 0.498. The fourth-order valence-corrected chi connectivity index (χ4v) is 9.11. The van der Waals surface area contributed by atoms with Crippen molar-refractivity contribution in [1.29, 1.82) is 0 Å². The van der Waals surface area contributed by atoms with Crippen LogP contribution in [0.1, 0.15) is 48.4 Å². The Morgan fingerprint density at radius 1 is 0.647 bits per heavy atom. The number of benzene rings is 6. The van der Waals surface area contributed by atoms with Crippen LogP contribution in [0.4, 0.5) is 0 Å². The van der Waals surface area contributed by atoms with E-state index in [9.17, 15) is 0 Å². The fourth-order valence-electron chi connectivity index (χ4n) is 9.11. The number of rotatable bonds is 5. The van der Waals surface area contributed by atoms with E-state index in [1.807, 2.05) is 0 Å². The van der Waals surface area contributed by atoms with Gasteiger partial charge in [-0.15, -0.1) is 0 Å². The van der Waals surface area contributed by atoms with Crippen molar-refractivity contribution < 1.29 is 0 Å². The van der Waals surface area contributed by atoms with Crippen molar-refractivity contribution in [3.63, 3.8) is 0 Å². The Balaban J connectivity index is 1.05. The van der Waals surface area contributed by atoms with Crippen molar-refractivity contribution in [1.82, 2.24) is 9.88 Å². The molecule has 3 aliphatic carbocycles. The van der Waals surface area contributed by atoms with Gasteiger partial charge in [0.25, 0.3) is 0 Å². The predicted molar refractivity (Wildman–Crippen MR) is 215 cm³/mol. The Labute approximate surface area is 299 Å². The van der Waals surface area contributed by atoms with E-state index in [1.165, 1.54) is 77.2 Å². The second kappa shape index (κ2) is 11.7. The third kappa shape index (κ3) is 4.89. The number of aromatic nitrogens is 1. The average molecular weight is 657 g/mol. The van der Waals surface area contributed by atoms with Crippen LogP contribution in [0, 0.1) is 0 Å². The minimum absolute atomic E-state index is 0.0371. The molecular formula is C49H40N2. The summed E-state index contributed by atoms with van der Waals surface area (Å²) in [7, 11) is 0. The second-order valence-corrected chi connectivity index (χ2v) is 15.0. The van der Waals surface area contributed by atoms with Crippen molar-refractivity contribution in [2.45, 2.75) is 43.7 Å². The van der Waals surface area contributed by atoms with Gasteiger partial charge in [0, 0.05) is 39.9 Å². The number of hydrogen-bond donors (Lipinski definition) is 1. The minimum atomic E-state index is 0.0371. The number of hydrogen-bond acceptors (Lipinski definition) is 1. The van der Waals surface area contributed by atoms with Crippen molar-refractivity contribution in [3.8, 4) is 5.69 Å². The van der Waals surface area contributed by atoms with Crippen LogP contribution in [-0.2, 0) is 5.41 Å². The molecule has 0 saturated carbocycles. The lowest BCUT2D eigenvalue weighted by atomic mass is 9.79. The number of fused-ring (bicyclic) bond motifs is 6. The quantitative estimate of drug-likeness (QED) is 0.195. The molecule has 1 aromatic heterocycles. The zero-order valence-electron chi connectivity index (χ0n) is 29.1. The highest BCUT2D eigenvalue weighted by Crippen LogP contribution is 2.50. The Bertz CT molecular complexity index is 2630. The molecule has 3 aliphatic rings. The molecule has 0 fully saturated rings. The average Bonchev–Trinajstić information content (AvgIpc) is 3.63. The summed E-state index contributed by atoms with van der Waals surface area (Å²) in [6.07, 6.45) is 13.0. The van der Waals surface area contributed by atoms with Gasteiger partial charge in [-0.1, -0.05) is 153 Å². The van der Waals surface area contributed by atoms with Gasteiger partial charge < -0.3 is 9.88 Å². The highest BCUT2D eigenvalue weighted by atomic mass is 15.0. The van der Waals surface area contributed by atoms with Crippen LogP contribution in [0.5, 0.6) is 0 Å². The van der Waals surface area contributed by atoms with Crippen LogP contribution in [0.2, 0.25) is 0 Å². The molecule has 0 radical (unpaired) electrons. The van der Waals surface area contributed by atoms with E-state index in [1.54, 1.807) is 0 Å². The van der Waals surface area contributed by atoms with Gasteiger partial charge in [0.15, 0.2) is 0 Å². The third-order valence-corrected chi connectivity index (χ3v) is 11.7. The molecule has 6 aromatic carbocycles. The first-order chi connectivity index (χ1) is 25.0. The maximum atomic E-state index is 4.12. The Morgan fingerprint density at radius 2 is 1.41 bits per heavy atom. The molecule has 0 aliphatic heterocycles. The van der Waals surface area contributed by atoms with E-state index in [0.717, 1.165) is 6.42 Å². The first-order valence-corrected chi connectivity index (χ1v) is 18.3. The first kappa shape index (κ1) is 30.2. The molecule has 3 atom stereocenters. The van der Waals surface area contributed by atoms with Crippen LogP contribution in [-0.4, -0.2) is 16.7 Å². The second-order valence-electron chi connectivity index (χ2n) is 15.0. The molecule has 10 rings (SSSR count). The molecular weight excluding hydrogens is 617 g/mol. The van der Waals surface area contributed by atoms with E-state index in [-0.39, 0.29) is 23.4 Å². The molecule has 0 spiro atoms. The summed E-state index contributed by atoms with van der Waals surface area (Å²) in [6, 6.07) is 51.7. The van der Waals surface area contributed by atoms with Gasteiger partial charge in [-0.2, -0.15) is 0 Å². The SMILES string of the molecule is CC1(C)C2=C(CC(NC3C=CC(c4ccccc4)=CC3c3ccc4c(c3)c3ccccc3n4-c3ccc4ccccc4c3)C=C2)c2ccccc21. The summed E-state index contributed by atoms with van der Waals surface area (Å²) < 4.78 is 2.43. The molecule has 0 amide bonds. The van der Waals surface area contributed by atoms with Crippen LogP contribution >= 0.6 is 0 Å². The molecule has 2 nitrogen and oxygen atoms in total. The minimum Gasteiger partial charge on any atom is -0.309 e. The molecule has 2 heteroatoms. The first-order valence-electron chi connectivity index (χ1n) is 18.3. The fraction of sp³-hybridized carbons (Fsp3) is 0.143. The molecule has 0 bridgehead atoms. The van der Waals surface area contributed by atoms with E-state index >= 15 is 0 Å². The molecule has 51 heavy (non-hydrogen) atoms. The van der Waals surface area contributed by atoms with Gasteiger partial charge in [0.1, 0.15) is 0 Å². The monoisotopic (exact) mass is 656 g/mol. The van der Waals surface area contributed by atoms with Crippen LogP contribution in [0.15, 0.2) is 175 Å². The van der Waals surface area contributed by atoms with Crippen LogP contribution < -0.4 is 5.32 Å². The highest BCUT2D eigenvalue weighted by molar-refractivity contribution is 6.09. The van der Waals surface area contributed by atoms with Crippen molar-refractivity contribution in [2.75, 3.05) is 0 Å². The summed E-state index contributed by atoms with van der Waals surface area (Å²) in [5.74, 6) is 0.161. The maximum absolute atomic E-state index is 4.12. The standard InChI is InChI=1S/C49H40N2/c1-49(2)44-18-10-8-16-39(44)42-31-37(23-25-45(42)49)50-46-26-21-35(32-12-4-3-5-13-32)29-41(46)36-22-27-48-43(30-36)40-17-9-11-19-47(40)51(48)38-24-20-33-14-6-7-15-34(33)28-38/h3-30,37,41,46,50H,31H2,1-2H3. The number of para-hydroxylation sites is 1. The van der Waals surface area contributed by atoms with E-state index in [0.29, 0.717) is 0 Å². The van der Waals surface area contributed by atoms with Gasteiger partial charge in [-0.25, -0.2) is 0 Å². The lowest BCUT2D eigenvalue weighted by Gasteiger charge is -2.33. The summed E-state index contributed by atoms with van der Waals surface area (Å²) >= 11 is 0. The maximum Gasteiger partial charge on any atom is 0.0541 e. The molecule has 7 aromatic rings. The molecule has 0 saturated heterocycles. The van der Waals surface area contributed by atoms with Crippen molar-refractivity contribution in [2.24, 2.45) is 0 Å². The molecule has 3 unspecified atom stereocenters. The van der Waals surface area contributed by atoms with E-state index in [2.05, 4.69) is 194 Å². The summed E-state index contributed by atoms with van der Waals surface area (Å²) in [5.41, 5.74) is 13.4. The predicted octanol–water partition coefficient (Wildman–Crippen LogP) is 11.7. The number of allylic oxidation sites excluding steroid dienone is 4. The Kier molecular flexibility index (Phi) is 6.91. The Morgan fingerprint density at radius 3 is 2.31 bits per heavy atom. The molecule has 246 valence electrons. The van der Waals surface area contributed by atoms with Gasteiger partial charge >= 0.3 is 0 Å². The summed E-state index contributed by atoms with van der Waals surface area (Å²) in [6.45, 7) is 4.74. The highest BCUT2D eigenvalue weighted by Gasteiger charge is 2.38. The third-order valence-electron chi connectivity index (χ3n) is 11.7. The van der Waals surface area contributed by atoms with Gasteiger partial charge in [-0.3, -0.25) is 0 Å². The topological polar surface area (TPSA) is 17.0 Å². The Hall–Kier alpha value is -5.70. The molecule has 1 heterocycles. The normalized spacial score (nSPS) is 20.6. The number of nitrogens with one attached hydrogen (secondary N) is 1. The van der Waals surface area contributed by atoms with E-state index in [4.69, 9.17) is 0 Å². The lowest BCUT2D eigenvalue weighted by Crippen LogP contribution is -2.41.